The Labute approximate surface area is 143 Å². The van der Waals surface area contributed by atoms with Gasteiger partial charge in [-0.2, -0.15) is 0 Å². The number of benzene rings is 1. The first-order valence-corrected chi connectivity index (χ1v) is 9.70. The summed E-state index contributed by atoms with van der Waals surface area (Å²) in [4.78, 5) is 0. The third kappa shape index (κ3) is 5.24. The molecule has 2 bridgehead atoms. The molecule has 0 amide bonds. The Morgan fingerprint density at radius 3 is 1.91 bits per heavy atom. The van der Waals surface area contributed by atoms with Crippen molar-refractivity contribution in [1.29, 1.82) is 0 Å². The summed E-state index contributed by atoms with van der Waals surface area (Å²) < 4.78 is 5.38. The van der Waals surface area contributed by atoms with Crippen molar-refractivity contribution in [3.8, 4) is 5.75 Å². The fourth-order valence-electron chi connectivity index (χ4n) is 4.31. The number of hydrogen-bond acceptors (Lipinski definition) is 2. The van der Waals surface area contributed by atoms with Gasteiger partial charge in [0.15, 0.2) is 0 Å². The summed E-state index contributed by atoms with van der Waals surface area (Å²) in [7, 11) is 1.75. The molecule has 2 saturated carbocycles. The first-order chi connectivity index (χ1) is 11.4. The van der Waals surface area contributed by atoms with Gasteiger partial charge in [0.2, 0.25) is 0 Å². The molecule has 2 heteroatoms. The molecule has 3 fully saturated rings. The maximum Gasteiger partial charge on any atom is 0.122 e. The van der Waals surface area contributed by atoms with Crippen LogP contribution in [0.4, 0.5) is 0 Å². The maximum absolute atomic E-state index is 5.38. The first kappa shape index (κ1) is 18.3. The molecular formula is C21H35NO. The van der Waals surface area contributed by atoms with Crippen LogP contribution in [0.5, 0.6) is 5.75 Å². The molecule has 2 aliphatic carbocycles. The van der Waals surface area contributed by atoms with Crippen LogP contribution in [0.1, 0.15) is 70.3 Å². The molecular weight excluding hydrogens is 282 g/mol. The van der Waals surface area contributed by atoms with Crippen LogP contribution < -0.4 is 10.1 Å². The van der Waals surface area contributed by atoms with E-state index in [1.807, 2.05) is 19.9 Å². The Morgan fingerprint density at radius 1 is 0.870 bits per heavy atom. The molecule has 1 aromatic carbocycles. The second kappa shape index (κ2) is 9.97. The third-order valence-electron chi connectivity index (χ3n) is 5.55. The summed E-state index contributed by atoms with van der Waals surface area (Å²) in [6, 6.07) is 8.37. The molecule has 0 aromatic heterocycles. The van der Waals surface area contributed by atoms with E-state index in [1.165, 1.54) is 30.2 Å². The molecule has 1 N–H and O–H groups in total. The Balaban J connectivity index is 0.000000177. The molecule has 1 saturated heterocycles. The minimum atomic E-state index is 0.674. The van der Waals surface area contributed by atoms with E-state index in [9.17, 15) is 0 Å². The monoisotopic (exact) mass is 317 g/mol. The molecule has 1 heterocycles. The van der Waals surface area contributed by atoms with Gasteiger partial charge in [0.05, 0.1) is 7.11 Å². The van der Waals surface area contributed by atoms with Crippen LogP contribution in [0.2, 0.25) is 0 Å². The summed E-state index contributed by atoms with van der Waals surface area (Å²) in [5.74, 6) is 4.06. The van der Waals surface area contributed by atoms with E-state index in [4.69, 9.17) is 4.74 Å². The molecule has 2 nitrogen and oxygen atoms in total. The molecule has 0 radical (unpaired) electrons. The van der Waals surface area contributed by atoms with Crippen molar-refractivity contribution in [2.24, 2.45) is 11.8 Å². The second-order valence-electron chi connectivity index (χ2n) is 6.89. The number of rotatable bonds is 2. The van der Waals surface area contributed by atoms with Gasteiger partial charge in [0.25, 0.3) is 0 Å². The van der Waals surface area contributed by atoms with Crippen LogP contribution in [0.25, 0.3) is 0 Å². The molecule has 23 heavy (non-hydrogen) atoms. The lowest BCUT2D eigenvalue weighted by Gasteiger charge is -2.24. The van der Waals surface area contributed by atoms with E-state index < -0.39 is 0 Å². The quantitative estimate of drug-likeness (QED) is 0.790. The number of piperidine rings is 1. The molecule has 0 atom stereocenters. The van der Waals surface area contributed by atoms with Crippen molar-refractivity contribution in [1.82, 2.24) is 5.32 Å². The molecule has 1 aliphatic heterocycles. The van der Waals surface area contributed by atoms with Crippen molar-refractivity contribution in [3.05, 3.63) is 29.8 Å². The van der Waals surface area contributed by atoms with Crippen molar-refractivity contribution in [3.63, 3.8) is 0 Å². The maximum atomic E-state index is 5.38. The Hall–Kier alpha value is -1.02. The first-order valence-electron chi connectivity index (χ1n) is 9.70. The van der Waals surface area contributed by atoms with Crippen molar-refractivity contribution in [2.75, 3.05) is 20.2 Å². The van der Waals surface area contributed by atoms with Gasteiger partial charge in [0.1, 0.15) is 5.75 Å². The SMILES string of the molecule is C1CC2CCC1C2.CC.COc1ccccc1C1CCNCC1. The molecule has 0 spiro atoms. The topological polar surface area (TPSA) is 21.3 Å². The highest BCUT2D eigenvalue weighted by atomic mass is 16.5. The van der Waals surface area contributed by atoms with E-state index in [-0.39, 0.29) is 0 Å². The average Bonchev–Trinajstić information content (AvgIpc) is 3.30. The third-order valence-corrected chi connectivity index (χ3v) is 5.55. The van der Waals surface area contributed by atoms with Crippen LogP contribution in [-0.2, 0) is 0 Å². The lowest BCUT2D eigenvalue weighted by molar-refractivity contribution is 0.391. The zero-order valence-corrected chi connectivity index (χ0v) is 15.3. The highest BCUT2D eigenvalue weighted by Gasteiger charge is 2.30. The fourth-order valence-corrected chi connectivity index (χ4v) is 4.31. The number of fused-ring (bicyclic) bond motifs is 2. The van der Waals surface area contributed by atoms with E-state index in [0.717, 1.165) is 18.8 Å². The zero-order chi connectivity index (χ0) is 16.5. The lowest BCUT2D eigenvalue weighted by Crippen LogP contribution is -2.26. The highest BCUT2D eigenvalue weighted by molar-refractivity contribution is 5.36. The molecule has 1 aromatic rings. The number of ether oxygens (including phenoxy) is 1. The summed E-state index contributed by atoms with van der Waals surface area (Å²) in [6.45, 7) is 6.26. The zero-order valence-electron chi connectivity index (χ0n) is 15.3. The van der Waals surface area contributed by atoms with Crippen LogP contribution in [0.15, 0.2) is 24.3 Å². The number of methoxy groups -OCH3 is 1. The van der Waals surface area contributed by atoms with Gasteiger partial charge >= 0.3 is 0 Å². The van der Waals surface area contributed by atoms with Gasteiger partial charge in [-0.15, -0.1) is 0 Å². The van der Waals surface area contributed by atoms with Gasteiger partial charge in [0, 0.05) is 0 Å². The lowest BCUT2D eigenvalue weighted by atomic mass is 9.90. The standard InChI is InChI=1S/C12H17NO.C7H12.C2H6/c1-14-12-5-3-2-4-11(12)10-6-8-13-9-7-10;1-2-7-4-3-6(1)5-7;1-2/h2-5,10,13H,6-9H2,1H3;6-7H,1-5H2;1-2H3. The summed E-state index contributed by atoms with van der Waals surface area (Å²) >= 11 is 0. The normalized spacial score (nSPS) is 25.9. The van der Waals surface area contributed by atoms with Gasteiger partial charge in [-0.3, -0.25) is 0 Å². The van der Waals surface area contributed by atoms with Crippen molar-refractivity contribution < 1.29 is 4.74 Å². The molecule has 3 aliphatic rings. The minimum absolute atomic E-state index is 0.674. The average molecular weight is 318 g/mol. The Kier molecular flexibility index (Phi) is 7.94. The van der Waals surface area contributed by atoms with E-state index in [1.54, 1.807) is 39.2 Å². The van der Waals surface area contributed by atoms with Crippen molar-refractivity contribution in [2.45, 2.75) is 64.7 Å². The van der Waals surface area contributed by atoms with Gasteiger partial charge < -0.3 is 10.1 Å². The van der Waals surface area contributed by atoms with Crippen molar-refractivity contribution >= 4 is 0 Å². The highest BCUT2D eigenvalue weighted by Crippen LogP contribution is 2.43. The largest absolute Gasteiger partial charge is 0.496 e. The predicted molar refractivity (Wildman–Crippen MR) is 99.3 cm³/mol. The van der Waals surface area contributed by atoms with Crippen LogP contribution in [0.3, 0.4) is 0 Å². The minimum Gasteiger partial charge on any atom is -0.496 e. The van der Waals surface area contributed by atoms with E-state index >= 15 is 0 Å². The van der Waals surface area contributed by atoms with Gasteiger partial charge in [-0.25, -0.2) is 0 Å². The Morgan fingerprint density at radius 2 is 1.43 bits per heavy atom. The van der Waals surface area contributed by atoms with Crippen LogP contribution in [0, 0.1) is 11.8 Å². The predicted octanol–water partition coefficient (Wildman–Crippen LogP) is 5.38. The van der Waals surface area contributed by atoms with Gasteiger partial charge in [-0.05, 0) is 61.7 Å². The molecule has 0 unspecified atom stereocenters. The smallest absolute Gasteiger partial charge is 0.122 e. The van der Waals surface area contributed by atoms with Gasteiger partial charge in [-0.1, -0.05) is 57.7 Å². The Bertz CT molecular complexity index is 421. The summed E-state index contributed by atoms with van der Waals surface area (Å²) in [6.07, 6.45) is 10.3. The molecule has 130 valence electrons. The van der Waals surface area contributed by atoms with E-state index in [2.05, 4.69) is 23.5 Å². The number of para-hydroxylation sites is 1. The summed E-state index contributed by atoms with van der Waals surface area (Å²) in [5.41, 5.74) is 1.37. The van der Waals surface area contributed by atoms with E-state index in [0.29, 0.717) is 5.92 Å². The molecule has 4 rings (SSSR count). The number of nitrogens with one attached hydrogen (secondary N) is 1. The van der Waals surface area contributed by atoms with Crippen LogP contribution >= 0.6 is 0 Å². The summed E-state index contributed by atoms with van der Waals surface area (Å²) in [5, 5.41) is 3.38. The fraction of sp³-hybridized carbons (Fsp3) is 0.714. The number of hydrogen-bond donors (Lipinski definition) is 1. The second-order valence-corrected chi connectivity index (χ2v) is 6.89. The van der Waals surface area contributed by atoms with Crippen LogP contribution in [-0.4, -0.2) is 20.2 Å².